The SMILES string of the molecule is CCC1(C(=O)O)CC(c2ccc(C(F)(F)F)cc2)C1. The van der Waals surface area contributed by atoms with E-state index in [0.29, 0.717) is 19.3 Å². The molecular weight excluding hydrogens is 257 g/mol. The molecule has 1 fully saturated rings. The van der Waals surface area contributed by atoms with Crippen LogP contribution in [0.3, 0.4) is 0 Å². The van der Waals surface area contributed by atoms with Gasteiger partial charge in [-0.2, -0.15) is 13.2 Å². The summed E-state index contributed by atoms with van der Waals surface area (Å²) < 4.78 is 37.3. The first kappa shape index (κ1) is 13.9. The molecule has 0 aliphatic heterocycles. The maximum Gasteiger partial charge on any atom is 0.416 e. The predicted octanol–water partition coefficient (Wildman–Crippen LogP) is 4.06. The Morgan fingerprint density at radius 1 is 1.32 bits per heavy atom. The first-order valence-corrected chi connectivity index (χ1v) is 6.19. The molecule has 2 nitrogen and oxygen atoms in total. The van der Waals surface area contributed by atoms with Crippen molar-refractivity contribution in [1.82, 2.24) is 0 Å². The van der Waals surface area contributed by atoms with E-state index < -0.39 is 23.1 Å². The van der Waals surface area contributed by atoms with Crippen molar-refractivity contribution in [2.24, 2.45) is 5.41 Å². The number of hydrogen-bond acceptors (Lipinski definition) is 1. The number of benzene rings is 1. The molecule has 0 unspecified atom stereocenters. The van der Waals surface area contributed by atoms with Gasteiger partial charge in [0, 0.05) is 0 Å². The maximum absolute atomic E-state index is 12.4. The average molecular weight is 272 g/mol. The summed E-state index contributed by atoms with van der Waals surface area (Å²) in [4.78, 5) is 11.1. The zero-order valence-electron chi connectivity index (χ0n) is 10.5. The molecule has 1 aliphatic rings. The van der Waals surface area contributed by atoms with E-state index in [2.05, 4.69) is 0 Å². The Labute approximate surface area is 109 Å². The van der Waals surface area contributed by atoms with Gasteiger partial charge in [-0.15, -0.1) is 0 Å². The molecule has 1 aliphatic carbocycles. The van der Waals surface area contributed by atoms with Crippen molar-refractivity contribution in [3.8, 4) is 0 Å². The molecule has 5 heteroatoms. The van der Waals surface area contributed by atoms with Crippen molar-refractivity contribution in [2.45, 2.75) is 38.3 Å². The van der Waals surface area contributed by atoms with E-state index in [1.807, 2.05) is 6.92 Å². The van der Waals surface area contributed by atoms with E-state index in [1.54, 1.807) is 0 Å². The van der Waals surface area contributed by atoms with Gasteiger partial charge in [0.25, 0.3) is 0 Å². The minimum Gasteiger partial charge on any atom is -0.481 e. The van der Waals surface area contributed by atoms with Crippen LogP contribution in [-0.2, 0) is 11.0 Å². The number of alkyl halides is 3. The molecule has 0 aromatic heterocycles. The number of carboxylic acid groups (broad SMARTS) is 1. The van der Waals surface area contributed by atoms with E-state index in [9.17, 15) is 18.0 Å². The number of rotatable bonds is 3. The van der Waals surface area contributed by atoms with E-state index in [0.717, 1.165) is 17.7 Å². The third kappa shape index (κ3) is 2.46. The predicted molar refractivity (Wildman–Crippen MR) is 63.8 cm³/mol. The fourth-order valence-electron chi connectivity index (χ4n) is 2.68. The fraction of sp³-hybridized carbons (Fsp3) is 0.500. The van der Waals surface area contributed by atoms with Crippen molar-refractivity contribution in [2.75, 3.05) is 0 Å². The van der Waals surface area contributed by atoms with Gasteiger partial charge < -0.3 is 5.11 Å². The molecule has 0 saturated heterocycles. The summed E-state index contributed by atoms with van der Waals surface area (Å²) in [5.41, 5.74) is -0.568. The summed E-state index contributed by atoms with van der Waals surface area (Å²) in [6, 6.07) is 5.02. The minimum atomic E-state index is -4.33. The van der Waals surface area contributed by atoms with Crippen molar-refractivity contribution >= 4 is 5.97 Å². The smallest absolute Gasteiger partial charge is 0.416 e. The molecular formula is C14H15F3O2. The molecule has 104 valence electrons. The van der Waals surface area contributed by atoms with Crippen LogP contribution in [-0.4, -0.2) is 11.1 Å². The highest BCUT2D eigenvalue weighted by Crippen LogP contribution is 2.53. The quantitative estimate of drug-likeness (QED) is 0.900. The fourth-order valence-corrected chi connectivity index (χ4v) is 2.68. The van der Waals surface area contributed by atoms with Gasteiger partial charge in [0.15, 0.2) is 0 Å². The summed E-state index contributed by atoms with van der Waals surface area (Å²) in [7, 11) is 0. The van der Waals surface area contributed by atoms with Crippen molar-refractivity contribution in [3.05, 3.63) is 35.4 Å². The Kier molecular flexibility index (Phi) is 3.32. The van der Waals surface area contributed by atoms with E-state index in [-0.39, 0.29) is 5.92 Å². The molecule has 1 aromatic carbocycles. The van der Waals surface area contributed by atoms with Crippen molar-refractivity contribution < 1.29 is 23.1 Å². The molecule has 0 atom stereocenters. The Morgan fingerprint density at radius 3 is 2.21 bits per heavy atom. The van der Waals surface area contributed by atoms with Crippen LogP contribution in [0.15, 0.2) is 24.3 Å². The van der Waals surface area contributed by atoms with Crippen LogP contribution in [0.5, 0.6) is 0 Å². The number of hydrogen-bond donors (Lipinski definition) is 1. The Morgan fingerprint density at radius 2 is 1.84 bits per heavy atom. The first-order chi connectivity index (χ1) is 8.78. The van der Waals surface area contributed by atoms with Crippen LogP contribution < -0.4 is 0 Å². The highest BCUT2D eigenvalue weighted by molar-refractivity contribution is 5.76. The number of carbonyl (C=O) groups is 1. The standard InChI is InChI=1S/C14H15F3O2/c1-2-13(12(18)19)7-10(8-13)9-3-5-11(6-4-9)14(15,16)17/h3-6,10H,2,7-8H2,1H3,(H,18,19). The van der Waals surface area contributed by atoms with E-state index in [1.165, 1.54) is 12.1 Å². The molecule has 0 spiro atoms. The van der Waals surface area contributed by atoms with Crippen LogP contribution in [0.2, 0.25) is 0 Å². The molecule has 19 heavy (non-hydrogen) atoms. The van der Waals surface area contributed by atoms with Crippen molar-refractivity contribution in [3.63, 3.8) is 0 Å². The lowest BCUT2D eigenvalue weighted by Gasteiger charge is -2.44. The van der Waals surface area contributed by atoms with Crippen LogP contribution >= 0.6 is 0 Å². The molecule has 1 N–H and O–H groups in total. The monoisotopic (exact) mass is 272 g/mol. The zero-order valence-corrected chi connectivity index (χ0v) is 10.5. The zero-order chi connectivity index (χ0) is 14.3. The van der Waals surface area contributed by atoms with Gasteiger partial charge in [-0.25, -0.2) is 0 Å². The van der Waals surface area contributed by atoms with E-state index >= 15 is 0 Å². The lowest BCUT2D eigenvalue weighted by atomic mass is 9.58. The third-order valence-corrected chi connectivity index (χ3v) is 4.11. The number of aliphatic carboxylic acids is 1. The summed E-state index contributed by atoms with van der Waals surface area (Å²) in [5, 5.41) is 9.15. The topological polar surface area (TPSA) is 37.3 Å². The lowest BCUT2D eigenvalue weighted by molar-refractivity contribution is -0.156. The molecule has 1 aromatic rings. The maximum atomic E-state index is 12.4. The van der Waals surface area contributed by atoms with Gasteiger partial charge in [0.2, 0.25) is 0 Å². The molecule has 0 bridgehead atoms. The molecule has 0 radical (unpaired) electrons. The Balaban J connectivity index is 2.09. The normalized spacial score (nSPS) is 26.8. The Bertz CT molecular complexity index is 470. The van der Waals surface area contributed by atoms with Crippen LogP contribution in [0, 0.1) is 5.41 Å². The number of carboxylic acids is 1. The second-order valence-electron chi connectivity index (χ2n) is 5.16. The third-order valence-electron chi connectivity index (χ3n) is 4.11. The molecule has 2 rings (SSSR count). The molecule has 0 heterocycles. The first-order valence-electron chi connectivity index (χ1n) is 6.19. The summed E-state index contributed by atoms with van der Waals surface area (Å²) in [6.45, 7) is 1.83. The van der Waals surface area contributed by atoms with Gasteiger partial charge in [0.1, 0.15) is 0 Å². The van der Waals surface area contributed by atoms with Gasteiger partial charge >= 0.3 is 12.1 Å². The van der Waals surface area contributed by atoms with E-state index in [4.69, 9.17) is 5.11 Å². The largest absolute Gasteiger partial charge is 0.481 e. The minimum absolute atomic E-state index is 0.0540. The summed E-state index contributed by atoms with van der Waals surface area (Å²) in [5.74, 6) is -0.753. The molecule has 1 saturated carbocycles. The summed E-state index contributed by atoms with van der Waals surface area (Å²) >= 11 is 0. The Hall–Kier alpha value is -1.52. The second-order valence-corrected chi connectivity index (χ2v) is 5.16. The summed E-state index contributed by atoms with van der Waals surface area (Å²) in [6.07, 6.45) is -2.76. The highest BCUT2D eigenvalue weighted by Gasteiger charge is 2.49. The average Bonchev–Trinajstić information content (AvgIpc) is 2.27. The van der Waals surface area contributed by atoms with Gasteiger partial charge in [-0.3, -0.25) is 4.79 Å². The number of halogens is 3. The van der Waals surface area contributed by atoms with Crippen molar-refractivity contribution in [1.29, 1.82) is 0 Å². The van der Waals surface area contributed by atoms with Crippen LogP contribution in [0.4, 0.5) is 13.2 Å². The van der Waals surface area contributed by atoms with Gasteiger partial charge in [0.05, 0.1) is 11.0 Å². The van der Waals surface area contributed by atoms with Crippen LogP contribution in [0.1, 0.15) is 43.2 Å². The van der Waals surface area contributed by atoms with Gasteiger partial charge in [-0.1, -0.05) is 19.1 Å². The van der Waals surface area contributed by atoms with Gasteiger partial charge in [-0.05, 0) is 42.9 Å². The molecule has 0 amide bonds. The lowest BCUT2D eigenvalue weighted by Crippen LogP contribution is -2.42. The second kappa shape index (κ2) is 4.54. The highest BCUT2D eigenvalue weighted by atomic mass is 19.4. The van der Waals surface area contributed by atoms with Crippen LogP contribution in [0.25, 0.3) is 0 Å².